The highest BCUT2D eigenvalue weighted by Crippen LogP contribution is 2.32. The van der Waals surface area contributed by atoms with E-state index in [0.717, 1.165) is 29.8 Å². The first-order valence-corrected chi connectivity index (χ1v) is 7.10. The first kappa shape index (κ1) is 14.8. The quantitative estimate of drug-likeness (QED) is 0.878. The fraction of sp³-hybridized carbons (Fsp3) is 0.312. The van der Waals surface area contributed by atoms with Crippen molar-refractivity contribution >= 4 is 11.6 Å². The summed E-state index contributed by atoms with van der Waals surface area (Å²) in [6, 6.07) is 9.70. The van der Waals surface area contributed by atoms with Crippen LogP contribution < -0.4 is 10.1 Å². The number of benzene rings is 1. The van der Waals surface area contributed by atoms with Crippen LogP contribution in [-0.4, -0.2) is 18.6 Å². The maximum Gasteiger partial charge on any atom is 0.124 e. The summed E-state index contributed by atoms with van der Waals surface area (Å²) in [6.07, 6.45) is 4.70. The third kappa shape index (κ3) is 3.50. The standard InChI is InChI=1S/C16H19ClN2O/c1-3-8-19-16(12-5-4-9-18-11-12)14-10-13(17)6-7-15(14)20-2/h4-7,9-11,16,19H,3,8H2,1-2H3. The van der Waals surface area contributed by atoms with Crippen molar-refractivity contribution in [2.24, 2.45) is 0 Å². The van der Waals surface area contributed by atoms with E-state index in [1.807, 2.05) is 30.5 Å². The second-order valence-corrected chi connectivity index (χ2v) is 5.00. The van der Waals surface area contributed by atoms with Gasteiger partial charge in [0, 0.05) is 23.0 Å². The highest BCUT2D eigenvalue weighted by Gasteiger charge is 2.18. The molecule has 0 aliphatic carbocycles. The number of aromatic nitrogens is 1. The van der Waals surface area contributed by atoms with Crippen molar-refractivity contribution in [2.75, 3.05) is 13.7 Å². The Bertz CT molecular complexity index is 545. The van der Waals surface area contributed by atoms with Crippen molar-refractivity contribution in [1.29, 1.82) is 0 Å². The third-order valence-electron chi connectivity index (χ3n) is 3.12. The van der Waals surface area contributed by atoms with Gasteiger partial charge in [-0.3, -0.25) is 4.98 Å². The van der Waals surface area contributed by atoms with E-state index >= 15 is 0 Å². The van der Waals surface area contributed by atoms with E-state index in [2.05, 4.69) is 23.3 Å². The lowest BCUT2D eigenvalue weighted by atomic mass is 9.99. The highest BCUT2D eigenvalue weighted by molar-refractivity contribution is 6.30. The van der Waals surface area contributed by atoms with Crippen LogP contribution in [0.2, 0.25) is 5.02 Å². The van der Waals surface area contributed by atoms with Crippen LogP contribution in [0.25, 0.3) is 0 Å². The molecule has 0 amide bonds. The van der Waals surface area contributed by atoms with Crippen molar-refractivity contribution in [3.05, 3.63) is 58.9 Å². The van der Waals surface area contributed by atoms with E-state index in [1.165, 1.54) is 0 Å². The van der Waals surface area contributed by atoms with Crippen molar-refractivity contribution in [2.45, 2.75) is 19.4 Å². The second-order valence-electron chi connectivity index (χ2n) is 4.56. The number of pyridine rings is 1. The topological polar surface area (TPSA) is 34.2 Å². The first-order valence-electron chi connectivity index (χ1n) is 6.73. The van der Waals surface area contributed by atoms with Gasteiger partial charge in [-0.2, -0.15) is 0 Å². The number of nitrogens with zero attached hydrogens (tertiary/aromatic N) is 1. The molecule has 0 fully saturated rings. The monoisotopic (exact) mass is 290 g/mol. The molecular weight excluding hydrogens is 272 g/mol. The SMILES string of the molecule is CCCNC(c1cccnc1)c1cc(Cl)ccc1OC. The summed E-state index contributed by atoms with van der Waals surface area (Å²) in [5.41, 5.74) is 2.13. The van der Waals surface area contributed by atoms with E-state index in [9.17, 15) is 0 Å². The van der Waals surface area contributed by atoms with Gasteiger partial charge in [0.1, 0.15) is 5.75 Å². The normalized spacial score (nSPS) is 12.2. The van der Waals surface area contributed by atoms with Gasteiger partial charge >= 0.3 is 0 Å². The number of halogens is 1. The molecule has 20 heavy (non-hydrogen) atoms. The minimum Gasteiger partial charge on any atom is -0.496 e. The minimum absolute atomic E-state index is 0.0253. The number of rotatable bonds is 6. The van der Waals surface area contributed by atoms with Gasteiger partial charge in [0.25, 0.3) is 0 Å². The zero-order valence-electron chi connectivity index (χ0n) is 11.8. The van der Waals surface area contributed by atoms with Crippen molar-refractivity contribution in [3.63, 3.8) is 0 Å². The highest BCUT2D eigenvalue weighted by atomic mass is 35.5. The largest absolute Gasteiger partial charge is 0.496 e. The van der Waals surface area contributed by atoms with Crippen LogP contribution >= 0.6 is 11.6 Å². The molecule has 0 aliphatic heterocycles. The Hall–Kier alpha value is -1.58. The number of nitrogens with one attached hydrogen (secondary N) is 1. The summed E-state index contributed by atoms with van der Waals surface area (Å²) < 4.78 is 5.46. The lowest BCUT2D eigenvalue weighted by Crippen LogP contribution is -2.23. The number of hydrogen-bond acceptors (Lipinski definition) is 3. The molecule has 2 aromatic rings. The Morgan fingerprint density at radius 2 is 2.20 bits per heavy atom. The van der Waals surface area contributed by atoms with E-state index < -0.39 is 0 Å². The molecule has 1 aromatic carbocycles. The summed E-state index contributed by atoms with van der Waals surface area (Å²) >= 11 is 6.14. The molecule has 3 nitrogen and oxygen atoms in total. The summed E-state index contributed by atoms with van der Waals surface area (Å²) in [5.74, 6) is 0.826. The average Bonchev–Trinajstić information content (AvgIpc) is 2.49. The van der Waals surface area contributed by atoms with Gasteiger partial charge in [0.2, 0.25) is 0 Å². The molecule has 0 saturated heterocycles. The van der Waals surface area contributed by atoms with Crippen LogP contribution in [-0.2, 0) is 0 Å². The third-order valence-corrected chi connectivity index (χ3v) is 3.35. The molecule has 1 N–H and O–H groups in total. The van der Waals surface area contributed by atoms with Crippen LogP contribution in [0, 0.1) is 0 Å². The summed E-state index contributed by atoms with van der Waals surface area (Å²) in [4.78, 5) is 4.20. The van der Waals surface area contributed by atoms with E-state index in [0.29, 0.717) is 5.02 Å². The molecule has 0 radical (unpaired) electrons. The number of methoxy groups -OCH3 is 1. The first-order chi connectivity index (χ1) is 9.76. The molecule has 0 spiro atoms. The Morgan fingerprint density at radius 1 is 1.35 bits per heavy atom. The van der Waals surface area contributed by atoms with Gasteiger partial charge in [-0.1, -0.05) is 24.6 Å². The molecule has 0 saturated carbocycles. The van der Waals surface area contributed by atoms with Crippen molar-refractivity contribution < 1.29 is 4.74 Å². The fourth-order valence-corrected chi connectivity index (χ4v) is 2.35. The van der Waals surface area contributed by atoms with Gasteiger partial charge in [-0.05, 0) is 42.8 Å². The average molecular weight is 291 g/mol. The predicted molar refractivity (Wildman–Crippen MR) is 82.4 cm³/mol. The molecule has 106 valence electrons. The van der Waals surface area contributed by atoms with Gasteiger partial charge in [0.15, 0.2) is 0 Å². The molecule has 2 rings (SSSR count). The molecule has 0 aliphatic rings. The molecular formula is C16H19ClN2O. The zero-order chi connectivity index (χ0) is 14.4. The lowest BCUT2D eigenvalue weighted by Gasteiger charge is -2.21. The predicted octanol–water partition coefficient (Wildman–Crippen LogP) is 3.83. The van der Waals surface area contributed by atoms with Crippen LogP contribution in [0.3, 0.4) is 0 Å². The lowest BCUT2D eigenvalue weighted by molar-refractivity contribution is 0.404. The maximum absolute atomic E-state index is 6.14. The fourth-order valence-electron chi connectivity index (χ4n) is 2.17. The summed E-state index contributed by atoms with van der Waals surface area (Å²) in [6.45, 7) is 3.05. The Balaban J connectivity index is 2.43. The Morgan fingerprint density at radius 3 is 2.85 bits per heavy atom. The van der Waals surface area contributed by atoms with Crippen LogP contribution in [0.4, 0.5) is 0 Å². The van der Waals surface area contributed by atoms with E-state index in [-0.39, 0.29) is 6.04 Å². The Labute approximate surface area is 124 Å². The van der Waals surface area contributed by atoms with E-state index in [1.54, 1.807) is 13.3 Å². The molecule has 1 atom stereocenters. The van der Waals surface area contributed by atoms with Gasteiger partial charge in [-0.25, -0.2) is 0 Å². The van der Waals surface area contributed by atoms with Gasteiger partial charge in [-0.15, -0.1) is 0 Å². The second kappa shape index (κ2) is 7.27. The zero-order valence-corrected chi connectivity index (χ0v) is 12.5. The van der Waals surface area contributed by atoms with Crippen molar-refractivity contribution in [3.8, 4) is 5.75 Å². The molecule has 0 bridgehead atoms. The van der Waals surface area contributed by atoms with Crippen LogP contribution in [0.5, 0.6) is 5.75 Å². The smallest absolute Gasteiger partial charge is 0.124 e. The molecule has 1 heterocycles. The van der Waals surface area contributed by atoms with Crippen molar-refractivity contribution in [1.82, 2.24) is 10.3 Å². The number of hydrogen-bond donors (Lipinski definition) is 1. The van der Waals surface area contributed by atoms with Gasteiger partial charge < -0.3 is 10.1 Å². The van der Waals surface area contributed by atoms with Gasteiger partial charge in [0.05, 0.1) is 13.2 Å². The summed E-state index contributed by atoms with van der Waals surface area (Å²) in [5, 5.41) is 4.23. The molecule has 4 heteroatoms. The number of ether oxygens (including phenoxy) is 1. The molecule has 1 unspecified atom stereocenters. The minimum atomic E-state index is 0.0253. The van der Waals surface area contributed by atoms with E-state index in [4.69, 9.17) is 16.3 Å². The molecule has 1 aromatic heterocycles. The summed E-state index contributed by atoms with van der Waals surface area (Å²) in [7, 11) is 1.67. The van der Waals surface area contributed by atoms with Crippen LogP contribution in [0.1, 0.15) is 30.5 Å². The van der Waals surface area contributed by atoms with Crippen LogP contribution in [0.15, 0.2) is 42.7 Å². The maximum atomic E-state index is 6.14. The Kier molecular flexibility index (Phi) is 5.39.